The first-order chi connectivity index (χ1) is 8.21. The molecule has 0 amide bonds. The van der Waals surface area contributed by atoms with Crippen LogP contribution in [0, 0.1) is 0 Å². The molecule has 0 radical (unpaired) electrons. The lowest BCUT2D eigenvalue weighted by molar-refractivity contribution is 0.713. The van der Waals surface area contributed by atoms with Crippen LogP contribution in [0.15, 0.2) is 23.8 Å². The highest BCUT2D eigenvalue weighted by Gasteiger charge is 2.35. The lowest BCUT2D eigenvalue weighted by Gasteiger charge is -2.37. The zero-order chi connectivity index (χ0) is 13.6. The molecule has 0 bridgehead atoms. The average molecular weight is 258 g/mol. The summed E-state index contributed by atoms with van der Waals surface area (Å²) in [5.74, 6) is 0. The topological polar surface area (TPSA) is 0 Å². The van der Waals surface area contributed by atoms with Gasteiger partial charge in [-0.05, 0) is 41.1 Å². The highest BCUT2D eigenvalue weighted by molar-refractivity contribution is 6.79. The third-order valence-corrected chi connectivity index (χ3v) is 10.1. The van der Waals surface area contributed by atoms with E-state index in [9.17, 15) is 0 Å². The van der Waals surface area contributed by atoms with Crippen LogP contribution in [-0.4, -0.2) is 8.07 Å². The minimum Gasteiger partial charge on any atom is -0.0687 e. The lowest BCUT2D eigenvalue weighted by Crippen LogP contribution is -2.40. The van der Waals surface area contributed by atoms with Crippen molar-refractivity contribution in [3.8, 4) is 0 Å². The fraction of sp³-hybridized carbons (Fsp3) is 0.529. The maximum absolute atomic E-state index is 2.53. The summed E-state index contributed by atoms with van der Waals surface area (Å²) in [6.07, 6.45) is 3.55. The molecule has 18 heavy (non-hydrogen) atoms. The summed E-state index contributed by atoms with van der Waals surface area (Å²) in [6.45, 7) is 14.5. The molecule has 0 spiro atoms. The van der Waals surface area contributed by atoms with Crippen molar-refractivity contribution in [2.75, 3.05) is 0 Å². The Morgan fingerprint density at radius 2 is 1.83 bits per heavy atom. The maximum Gasteiger partial charge on any atom is 0.0571 e. The van der Waals surface area contributed by atoms with Crippen molar-refractivity contribution in [1.29, 1.82) is 0 Å². The number of hydrogen-bond donors (Lipinski definition) is 0. The molecule has 1 aliphatic carbocycles. The van der Waals surface area contributed by atoms with E-state index in [1.165, 1.54) is 22.7 Å². The van der Waals surface area contributed by atoms with E-state index in [-0.39, 0.29) is 0 Å². The van der Waals surface area contributed by atoms with Gasteiger partial charge in [-0.25, -0.2) is 0 Å². The predicted octanol–water partition coefficient (Wildman–Crippen LogP) is 5.24. The molecule has 0 saturated heterocycles. The Hall–Kier alpha value is -0.823. The van der Waals surface area contributed by atoms with Crippen LogP contribution >= 0.6 is 0 Å². The predicted molar refractivity (Wildman–Crippen MR) is 84.7 cm³/mol. The van der Waals surface area contributed by atoms with Crippen molar-refractivity contribution in [2.45, 2.75) is 58.3 Å². The molecule has 1 aromatic rings. The van der Waals surface area contributed by atoms with Gasteiger partial charge in [0.15, 0.2) is 0 Å². The zero-order valence-electron chi connectivity index (χ0n) is 12.7. The monoisotopic (exact) mass is 258 g/mol. The number of rotatable bonds is 2. The molecule has 0 saturated carbocycles. The van der Waals surface area contributed by atoms with Gasteiger partial charge >= 0.3 is 0 Å². The van der Waals surface area contributed by atoms with Crippen molar-refractivity contribution in [1.82, 2.24) is 0 Å². The molecule has 0 aromatic heterocycles. The van der Waals surface area contributed by atoms with Crippen molar-refractivity contribution in [2.24, 2.45) is 0 Å². The Kier molecular flexibility index (Phi) is 3.31. The van der Waals surface area contributed by atoms with Crippen molar-refractivity contribution in [3.05, 3.63) is 40.5 Å². The summed E-state index contributed by atoms with van der Waals surface area (Å²) in [5, 5.41) is 0.465. The highest BCUT2D eigenvalue weighted by atomic mass is 28.3. The summed E-state index contributed by atoms with van der Waals surface area (Å²) in [5.41, 5.74) is 6.15. The number of fused-ring (bicyclic) bond motifs is 1. The first-order valence-corrected chi connectivity index (χ1v) is 10.2. The minimum atomic E-state index is -1.24. The first-order valence-electron chi connectivity index (χ1n) is 6.99. The van der Waals surface area contributed by atoms with E-state index >= 15 is 0 Å². The van der Waals surface area contributed by atoms with E-state index in [1.807, 2.05) is 0 Å². The average Bonchev–Trinajstić information content (AvgIpc) is 2.57. The molecule has 98 valence electrons. The van der Waals surface area contributed by atoms with E-state index in [4.69, 9.17) is 0 Å². The van der Waals surface area contributed by atoms with Gasteiger partial charge in [-0.15, -0.1) is 0 Å². The molecular weight excluding hydrogens is 232 g/mol. The second kappa shape index (κ2) is 4.38. The van der Waals surface area contributed by atoms with E-state index in [1.54, 1.807) is 5.56 Å². The minimum absolute atomic E-state index is 0.465. The Morgan fingerprint density at radius 3 is 2.44 bits per heavy atom. The quantitative estimate of drug-likeness (QED) is 0.637. The Labute approximate surface area is 113 Å². The van der Waals surface area contributed by atoms with Crippen molar-refractivity contribution in [3.63, 3.8) is 0 Å². The highest BCUT2D eigenvalue weighted by Crippen LogP contribution is 2.39. The Balaban J connectivity index is 2.35. The van der Waals surface area contributed by atoms with Gasteiger partial charge in [-0.3, -0.25) is 0 Å². The van der Waals surface area contributed by atoms with Crippen LogP contribution in [0.2, 0.25) is 18.1 Å². The fourth-order valence-electron chi connectivity index (χ4n) is 2.50. The van der Waals surface area contributed by atoms with Crippen LogP contribution in [0.5, 0.6) is 0 Å². The largest absolute Gasteiger partial charge is 0.0687 e. The van der Waals surface area contributed by atoms with Crippen LogP contribution in [0.4, 0.5) is 0 Å². The Bertz CT molecular complexity index is 487. The molecule has 0 heterocycles. The van der Waals surface area contributed by atoms with Gasteiger partial charge in [0, 0.05) is 0 Å². The number of hydrogen-bond acceptors (Lipinski definition) is 0. The summed E-state index contributed by atoms with van der Waals surface area (Å²) in [7, 11) is -1.24. The van der Waals surface area contributed by atoms with E-state index in [2.05, 4.69) is 65.1 Å². The van der Waals surface area contributed by atoms with Crippen LogP contribution in [0.1, 0.15) is 44.4 Å². The molecule has 0 atom stereocenters. The molecule has 0 unspecified atom stereocenters. The van der Waals surface area contributed by atoms with Gasteiger partial charge in [-0.1, -0.05) is 63.7 Å². The van der Waals surface area contributed by atoms with Gasteiger partial charge in [0.1, 0.15) is 0 Å². The molecule has 1 heteroatoms. The van der Waals surface area contributed by atoms with Crippen LogP contribution in [0.25, 0.3) is 6.08 Å². The normalized spacial score (nSPS) is 15.6. The van der Waals surface area contributed by atoms with Crippen LogP contribution in [-0.2, 0) is 12.5 Å². The number of benzene rings is 1. The molecule has 0 aliphatic heterocycles. The van der Waals surface area contributed by atoms with Gasteiger partial charge in [0.25, 0.3) is 0 Å². The number of allylic oxidation sites excluding steroid dienone is 1. The standard InChI is InChI=1S/C17H26Si/c1-13-10-14-8-7-9-15(16(14)11-13)12-18(5,6)17(2,3)4/h7-9,11H,10,12H2,1-6H3. The van der Waals surface area contributed by atoms with Crippen molar-refractivity contribution >= 4 is 14.1 Å². The zero-order valence-corrected chi connectivity index (χ0v) is 13.7. The van der Waals surface area contributed by atoms with Crippen LogP contribution in [0.3, 0.4) is 0 Å². The van der Waals surface area contributed by atoms with Crippen LogP contribution < -0.4 is 0 Å². The van der Waals surface area contributed by atoms with Gasteiger partial charge in [-0.2, -0.15) is 0 Å². The van der Waals surface area contributed by atoms with E-state index < -0.39 is 8.07 Å². The van der Waals surface area contributed by atoms with Gasteiger partial charge < -0.3 is 0 Å². The van der Waals surface area contributed by atoms with Crippen molar-refractivity contribution < 1.29 is 0 Å². The second-order valence-electron chi connectivity index (χ2n) is 7.47. The third kappa shape index (κ3) is 2.47. The summed E-state index contributed by atoms with van der Waals surface area (Å²) < 4.78 is 0. The van der Waals surface area contributed by atoms with Gasteiger partial charge in [0.2, 0.25) is 0 Å². The smallest absolute Gasteiger partial charge is 0.0571 e. The van der Waals surface area contributed by atoms with E-state index in [0.29, 0.717) is 5.04 Å². The molecule has 0 nitrogen and oxygen atoms in total. The first kappa shape index (κ1) is 13.6. The molecule has 2 rings (SSSR count). The van der Waals surface area contributed by atoms with Gasteiger partial charge in [0.05, 0.1) is 8.07 Å². The molecular formula is C17H26Si. The Morgan fingerprint density at radius 1 is 1.17 bits per heavy atom. The maximum atomic E-state index is 2.53. The molecule has 0 N–H and O–H groups in total. The SMILES string of the molecule is CC1=Cc2c(cccc2C[Si](C)(C)C(C)(C)C)C1. The molecule has 0 fully saturated rings. The fourth-order valence-corrected chi connectivity index (χ4v) is 4.29. The second-order valence-corrected chi connectivity index (χ2v) is 13.1. The summed E-state index contributed by atoms with van der Waals surface area (Å²) >= 11 is 0. The third-order valence-electron chi connectivity index (χ3n) is 4.81. The lowest BCUT2D eigenvalue weighted by atomic mass is 10.0. The molecule has 1 aromatic carbocycles. The summed E-state index contributed by atoms with van der Waals surface area (Å²) in [4.78, 5) is 0. The summed E-state index contributed by atoms with van der Waals surface area (Å²) in [6, 6.07) is 8.17. The molecule has 1 aliphatic rings. The van der Waals surface area contributed by atoms with E-state index in [0.717, 1.165) is 6.42 Å².